The Kier molecular flexibility index (Phi) is 4.04. The van der Waals surface area contributed by atoms with E-state index in [2.05, 4.69) is 5.10 Å². The standard InChI is InChI=1S/C15H20ClN3O/c1-11-8-17-18(9-11)10-19(13(3)20)14-12(2)6-5-7-15(14,4)16/h5-9,14H,10H2,1-4H3. The molecule has 2 rings (SSSR count). The van der Waals surface area contributed by atoms with Gasteiger partial charge in [0.15, 0.2) is 0 Å². The fourth-order valence-electron chi connectivity index (χ4n) is 2.63. The van der Waals surface area contributed by atoms with Gasteiger partial charge in [-0.2, -0.15) is 5.10 Å². The van der Waals surface area contributed by atoms with E-state index in [0.717, 1.165) is 11.1 Å². The van der Waals surface area contributed by atoms with Crippen molar-refractivity contribution in [2.45, 2.75) is 45.3 Å². The number of allylic oxidation sites excluding steroid dienone is 2. The molecule has 1 heterocycles. The van der Waals surface area contributed by atoms with Gasteiger partial charge in [0, 0.05) is 13.1 Å². The third kappa shape index (κ3) is 2.96. The molecular weight excluding hydrogens is 274 g/mol. The summed E-state index contributed by atoms with van der Waals surface area (Å²) < 4.78 is 1.76. The lowest BCUT2D eigenvalue weighted by Crippen LogP contribution is -2.51. The Morgan fingerprint density at radius 1 is 1.55 bits per heavy atom. The Balaban J connectivity index is 2.31. The van der Waals surface area contributed by atoms with E-state index in [4.69, 9.17) is 11.6 Å². The van der Waals surface area contributed by atoms with Gasteiger partial charge in [-0.1, -0.05) is 18.2 Å². The summed E-state index contributed by atoms with van der Waals surface area (Å²) in [6.07, 6.45) is 9.56. The van der Waals surface area contributed by atoms with Gasteiger partial charge in [0.1, 0.15) is 6.67 Å². The SMILES string of the molecule is CC(=O)N(Cn1cc(C)cn1)C1C(C)=CC=CC1(C)Cl. The largest absolute Gasteiger partial charge is 0.314 e. The quantitative estimate of drug-likeness (QED) is 0.804. The highest BCUT2D eigenvalue weighted by Gasteiger charge is 2.38. The molecule has 108 valence electrons. The highest BCUT2D eigenvalue weighted by Crippen LogP contribution is 2.33. The van der Waals surface area contributed by atoms with E-state index in [1.54, 1.807) is 22.7 Å². The Labute approximate surface area is 124 Å². The molecule has 0 fully saturated rings. The molecule has 0 aromatic carbocycles. The Morgan fingerprint density at radius 2 is 2.25 bits per heavy atom. The van der Waals surface area contributed by atoms with Crippen molar-refractivity contribution in [3.63, 3.8) is 0 Å². The zero-order chi connectivity index (χ0) is 14.9. The minimum Gasteiger partial charge on any atom is -0.314 e. The predicted octanol–water partition coefficient (Wildman–Crippen LogP) is 2.88. The van der Waals surface area contributed by atoms with Crippen molar-refractivity contribution < 1.29 is 4.79 Å². The van der Waals surface area contributed by atoms with Crippen molar-refractivity contribution in [2.75, 3.05) is 0 Å². The lowest BCUT2D eigenvalue weighted by atomic mass is 9.88. The average molecular weight is 294 g/mol. The second-order valence-electron chi connectivity index (χ2n) is 5.51. The van der Waals surface area contributed by atoms with Crippen molar-refractivity contribution in [1.82, 2.24) is 14.7 Å². The van der Waals surface area contributed by atoms with Gasteiger partial charge in [-0.05, 0) is 31.9 Å². The Hall–Kier alpha value is -1.55. The molecule has 1 aromatic heterocycles. The number of hydrogen-bond donors (Lipinski definition) is 0. The van der Waals surface area contributed by atoms with Crippen LogP contribution in [-0.4, -0.2) is 31.5 Å². The number of halogens is 1. The number of amides is 1. The Morgan fingerprint density at radius 3 is 2.75 bits per heavy atom. The van der Waals surface area contributed by atoms with E-state index in [9.17, 15) is 4.79 Å². The van der Waals surface area contributed by atoms with Gasteiger partial charge in [0.25, 0.3) is 0 Å². The molecule has 0 spiro atoms. The second kappa shape index (κ2) is 5.44. The Bertz CT molecular complexity index is 571. The molecule has 0 radical (unpaired) electrons. The van der Waals surface area contributed by atoms with Crippen LogP contribution in [0.2, 0.25) is 0 Å². The molecule has 1 aromatic rings. The maximum Gasteiger partial charge on any atom is 0.221 e. The van der Waals surface area contributed by atoms with Crippen molar-refractivity contribution >= 4 is 17.5 Å². The summed E-state index contributed by atoms with van der Waals surface area (Å²) in [4.78, 5) is 13.2. The first-order valence-corrected chi connectivity index (χ1v) is 7.00. The highest BCUT2D eigenvalue weighted by atomic mass is 35.5. The topological polar surface area (TPSA) is 38.1 Å². The van der Waals surface area contributed by atoms with Gasteiger partial charge in [-0.3, -0.25) is 9.48 Å². The van der Waals surface area contributed by atoms with Gasteiger partial charge < -0.3 is 4.90 Å². The van der Waals surface area contributed by atoms with E-state index in [-0.39, 0.29) is 11.9 Å². The molecule has 0 saturated carbocycles. The number of hydrogen-bond acceptors (Lipinski definition) is 2. The van der Waals surface area contributed by atoms with Gasteiger partial charge >= 0.3 is 0 Å². The third-order valence-electron chi connectivity index (χ3n) is 3.52. The molecule has 1 aliphatic rings. The average Bonchev–Trinajstić information content (AvgIpc) is 2.72. The van der Waals surface area contributed by atoms with Gasteiger partial charge in [0.2, 0.25) is 5.91 Å². The van der Waals surface area contributed by atoms with Crippen molar-refractivity contribution in [3.8, 4) is 0 Å². The van der Waals surface area contributed by atoms with Crippen LogP contribution in [0, 0.1) is 6.92 Å². The first-order valence-electron chi connectivity index (χ1n) is 6.62. The van der Waals surface area contributed by atoms with Crippen LogP contribution in [-0.2, 0) is 11.5 Å². The minimum atomic E-state index is -0.604. The summed E-state index contributed by atoms with van der Waals surface area (Å²) in [5.74, 6) is -0.0157. The third-order valence-corrected chi connectivity index (χ3v) is 3.86. The molecule has 0 N–H and O–H groups in total. The van der Waals surface area contributed by atoms with E-state index in [1.807, 2.05) is 45.2 Å². The van der Waals surface area contributed by atoms with Gasteiger partial charge in [-0.25, -0.2) is 0 Å². The monoisotopic (exact) mass is 293 g/mol. The summed E-state index contributed by atoms with van der Waals surface area (Å²) >= 11 is 6.59. The lowest BCUT2D eigenvalue weighted by molar-refractivity contribution is -0.133. The number of nitrogens with zero attached hydrogens (tertiary/aromatic N) is 3. The fourth-order valence-corrected chi connectivity index (χ4v) is 2.99. The van der Waals surface area contributed by atoms with Gasteiger partial charge in [0.05, 0.1) is 17.1 Å². The zero-order valence-corrected chi connectivity index (χ0v) is 13.1. The number of alkyl halides is 1. The number of carbonyl (C=O) groups excluding carboxylic acids is 1. The predicted molar refractivity (Wildman–Crippen MR) is 80.4 cm³/mol. The van der Waals surface area contributed by atoms with Crippen LogP contribution < -0.4 is 0 Å². The molecule has 0 bridgehead atoms. The maximum atomic E-state index is 12.1. The summed E-state index contributed by atoms with van der Waals surface area (Å²) in [7, 11) is 0. The first kappa shape index (κ1) is 14.9. The summed E-state index contributed by atoms with van der Waals surface area (Å²) in [6.45, 7) is 7.86. The fraction of sp³-hybridized carbons (Fsp3) is 0.467. The lowest BCUT2D eigenvalue weighted by Gasteiger charge is -2.40. The van der Waals surface area contributed by atoms with Crippen LogP contribution in [0.15, 0.2) is 36.2 Å². The van der Waals surface area contributed by atoms with Crippen molar-refractivity contribution in [2.24, 2.45) is 0 Å². The molecule has 0 aliphatic heterocycles. The molecule has 2 atom stereocenters. The highest BCUT2D eigenvalue weighted by molar-refractivity contribution is 6.26. The molecule has 5 heteroatoms. The van der Waals surface area contributed by atoms with Crippen LogP contribution >= 0.6 is 11.6 Å². The van der Waals surface area contributed by atoms with E-state index < -0.39 is 4.87 Å². The number of carbonyl (C=O) groups is 1. The molecule has 2 unspecified atom stereocenters. The minimum absolute atomic E-state index is 0.0157. The molecule has 0 saturated heterocycles. The van der Waals surface area contributed by atoms with Crippen LogP contribution in [0.4, 0.5) is 0 Å². The summed E-state index contributed by atoms with van der Waals surface area (Å²) in [5.41, 5.74) is 2.14. The summed E-state index contributed by atoms with van der Waals surface area (Å²) in [5, 5.41) is 4.25. The normalized spacial score (nSPS) is 25.4. The first-order chi connectivity index (χ1) is 9.31. The second-order valence-corrected chi connectivity index (χ2v) is 6.33. The van der Waals surface area contributed by atoms with Crippen LogP contribution in [0.1, 0.15) is 26.3 Å². The number of aromatic nitrogens is 2. The van der Waals surface area contributed by atoms with E-state index in [1.165, 1.54) is 0 Å². The molecule has 1 amide bonds. The van der Waals surface area contributed by atoms with Gasteiger partial charge in [-0.15, -0.1) is 11.6 Å². The zero-order valence-electron chi connectivity index (χ0n) is 12.3. The van der Waals surface area contributed by atoms with E-state index in [0.29, 0.717) is 6.67 Å². The van der Waals surface area contributed by atoms with E-state index >= 15 is 0 Å². The number of aryl methyl sites for hydroxylation is 1. The number of rotatable bonds is 3. The van der Waals surface area contributed by atoms with Crippen molar-refractivity contribution in [1.29, 1.82) is 0 Å². The maximum absolute atomic E-state index is 12.1. The molecule has 1 aliphatic carbocycles. The molecule has 4 nitrogen and oxygen atoms in total. The van der Waals surface area contributed by atoms with Crippen LogP contribution in [0.5, 0.6) is 0 Å². The smallest absolute Gasteiger partial charge is 0.221 e. The van der Waals surface area contributed by atoms with Crippen LogP contribution in [0.25, 0.3) is 0 Å². The summed E-state index contributed by atoms with van der Waals surface area (Å²) in [6, 6.07) is -0.170. The van der Waals surface area contributed by atoms with Crippen molar-refractivity contribution in [3.05, 3.63) is 41.8 Å². The molecular formula is C15H20ClN3O. The molecule has 20 heavy (non-hydrogen) atoms. The van der Waals surface area contributed by atoms with Crippen LogP contribution in [0.3, 0.4) is 0 Å².